The van der Waals surface area contributed by atoms with Crippen LogP contribution in [-0.4, -0.2) is 22.9 Å². The second kappa shape index (κ2) is 1.50. The van der Waals surface area contributed by atoms with Crippen molar-refractivity contribution in [3.05, 3.63) is 0 Å². The van der Waals surface area contributed by atoms with Crippen molar-refractivity contribution in [2.45, 2.75) is 25.4 Å². The largest absolute Gasteiger partial charge is 0.396 e. The highest BCUT2D eigenvalue weighted by Gasteiger charge is 2.61. The number of aliphatic hydroxyl groups is 2. The maximum absolute atomic E-state index is 9.33. The Kier molecular flexibility index (Phi) is 0.945. The van der Waals surface area contributed by atoms with Crippen LogP contribution in [0.3, 0.4) is 0 Å². The summed E-state index contributed by atoms with van der Waals surface area (Å²) in [7, 11) is 0. The molecule has 2 rings (SSSR count). The smallest absolute Gasteiger partial charge is 0.0621 e. The fourth-order valence-electron chi connectivity index (χ4n) is 2.14. The van der Waals surface area contributed by atoms with Gasteiger partial charge in [-0.3, -0.25) is 0 Å². The van der Waals surface area contributed by atoms with Crippen molar-refractivity contribution in [2.75, 3.05) is 6.61 Å². The quantitative estimate of drug-likeness (QED) is 0.527. The number of fused-ring (bicyclic) bond motifs is 1. The van der Waals surface area contributed by atoms with Gasteiger partial charge in [-0.15, -0.1) is 0 Å². The zero-order valence-corrected chi connectivity index (χ0v) is 5.38. The molecule has 0 aromatic heterocycles. The third-order valence-electron chi connectivity index (χ3n) is 3.03. The van der Waals surface area contributed by atoms with Crippen LogP contribution in [0.15, 0.2) is 0 Å². The van der Waals surface area contributed by atoms with Crippen LogP contribution in [0.4, 0.5) is 0 Å². The molecular weight excluding hydrogens is 116 g/mol. The molecule has 0 aromatic carbocycles. The molecule has 0 radical (unpaired) electrons. The van der Waals surface area contributed by atoms with Gasteiger partial charge in [0.05, 0.1) is 12.7 Å². The van der Waals surface area contributed by atoms with Crippen LogP contribution in [0.5, 0.6) is 0 Å². The molecule has 9 heavy (non-hydrogen) atoms. The van der Waals surface area contributed by atoms with E-state index in [1.54, 1.807) is 0 Å². The Balaban J connectivity index is 2.14. The van der Waals surface area contributed by atoms with Crippen LogP contribution in [0.1, 0.15) is 19.3 Å². The van der Waals surface area contributed by atoms with Gasteiger partial charge in [-0.25, -0.2) is 0 Å². The van der Waals surface area contributed by atoms with Gasteiger partial charge >= 0.3 is 0 Å². The summed E-state index contributed by atoms with van der Waals surface area (Å²) in [5.74, 6) is 0.650. The van der Waals surface area contributed by atoms with Crippen molar-refractivity contribution in [3.63, 3.8) is 0 Å². The lowest BCUT2D eigenvalue weighted by Gasteiger charge is -2.13. The van der Waals surface area contributed by atoms with Crippen LogP contribution in [0.2, 0.25) is 0 Å². The highest BCUT2D eigenvalue weighted by atomic mass is 16.3. The summed E-state index contributed by atoms with van der Waals surface area (Å²) in [5, 5.41) is 18.2. The lowest BCUT2D eigenvalue weighted by atomic mass is 10.0. The molecule has 2 N–H and O–H groups in total. The van der Waals surface area contributed by atoms with E-state index in [1.807, 2.05) is 0 Å². The summed E-state index contributed by atoms with van der Waals surface area (Å²) in [5.41, 5.74) is -0.0278. The minimum absolute atomic E-state index is 0.0278. The van der Waals surface area contributed by atoms with Crippen molar-refractivity contribution in [2.24, 2.45) is 11.3 Å². The van der Waals surface area contributed by atoms with Gasteiger partial charge in [-0.05, 0) is 25.2 Å². The summed E-state index contributed by atoms with van der Waals surface area (Å²) in [6.45, 7) is 0.193. The molecule has 0 aliphatic heterocycles. The summed E-state index contributed by atoms with van der Waals surface area (Å²) >= 11 is 0. The van der Waals surface area contributed by atoms with Crippen LogP contribution in [-0.2, 0) is 0 Å². The minimum Gasteiger partial charge on any atom is -0.396 e. The first-order chi connectivity index (χ1) is 4.29. The average molecular weight is 128 g/mol. The van der Waals surface area contributed by atoms with Crippen LogP contribution >= 0.6 is 0 Å². The second-order valence-corrected chi connectivity index (χ2v) is 3.39. The maximum atomic E-state index is 9.33. The van der Waals surface area contributed by atoms with Gasteiger partial charge < -0.3 is 10.2 Å². The Labute approximate surface area is 54.5 Å². The van der Waals surface area contributed by atoms with Crippen molar-refractivity contribution in [1.29, 1.82) is 0 Å². The molecule has 0 heterocycles. The molecule has 52 valence electrons. The summed E-state index contributed by atoms with van der Waals surface area (Å²) in [4.78, 5) is 0. The highest BCUT2D eigenvalue weighted by Crippen LogP contribution is 2.62. The lowest BCUT2D eigenvalue weighted by molar-refractivity contribution is 0.0612. The van der Waals surface area contributed by atoms with Gasteiger partial charge in [0.1, 0.15) is 0 Å². The normalized spacial score (nSPS) is 55.3. The molecule has 1 unspecified atom stereocenters. The van der Waals surface area contributed by atoms with Gasteiger partial charge in [0.25, 0.3) is 0 Å². The number of aliphatic hydroxyl groups excluding tert-OH is 2. The molecule has 0 aromatic rings. The molecule has 3 atom stereocenters. The first-order valence-electron chi connectivity index (χ1n) is 3.58. The second-order valence-electron chi connectivity index (χ2n) is 3.39. The van der Waals surface area contributed by atoms with E-state index in [0.717, 1.165) is 19.3 Å². The zero-order chi connectivity index (χ0) is 6.48. The number of rotatable bonds is 1. The van der Waals surface area contributed by atoms with Gasteiger partial charge in [-0.1, -0.05) is 0 Å². The monoisotopic (exact) mass is 128 g/mol. The molecule has 2 heteroatoms. The standard InChI is InChI=1S/C7H12O2/c8-4-7-3-5(7)1-2-6(7)9/h5-6,8-9H,1-4H2/t5-,6?,7-/m0/s1. The summed E-state index contributed by atoms with van der Waals surface area (Å²) in [6.07, 6.45) is 2.89. The van der Waals surface area contributed by atoms with E-state index in [9.17, 15) is 5.11 Å². The van der Waals surface area contributed by atoms with E-state index in [2.05, 4.69) is 0 Å². The Morgan fingerprint density at radius 2 is 2.22 bits per heavy atom. The first-order valence-corrected chi connectivity index (χ1v) is 3.58. The number of hydrogen-bond donors (Lipinski definition) is 2. The van der Waals surface area contributed by atoms with Crippen molar-refractivity contribution < 1.29 is 10.2 Å². The topological polar surface area (TPSA) is 40.5 Å². The van der Waals surface area contributed by atoms with Gasteiger partial charge in [0.2, 0.25) is 0 Å². The Morgan fingerprint density at radius 3 is 2.44 bits per heavy atom. The van der Waals surface area contributed by atoms with E-state index in [0.29, 0.717) is 5.92 Å². The first kappa shape index (κ1) is 5.69. The molecular formula is C7H12O2. The molecule has 2 fully saturated rings. The SMILES string of the molecule is OC[C@@]12C[C@@H]1CCC2O. The average Bonchev–Trinajstić information content (AvgIpc) is 2.52. The van der Waals surface area contributed by atoms with Crippen LogP contribution < -0.4 is 0 Å². The Hall–Kier alpha value is -0.0800. The summed E-state index contributed by atoms with van der Waals surface area (Å²) < 4.78 is 0. The molecule has 0 amide bonds. The predicted molar refractivity (Wildman–Crippen MR) is 32.9 cm³/mol. The van der Waals surface area contributed by atoms with Gasteiger partial charge in [0.15, 0.2) is 0 Å². The Bertz CT molecular complexity index is 131. The van der Waals surface area contributed by atoms with Gasteiger partial charge in [-0.2, -0.15) is 0 Å². The molecule has 0 spiro atoms. The van der Waals surface area contributed by atoms with Crippen LogP contribution in [0.25, 0.3) is 0 Å². The fourth-order valence-corrected chi connectivity index (χ4v) is 2.14. The van der Waals surface area contributed by atoms with Crippen molar-refractivity contribution in [3.8, 4) is 0 Å². The van der Waals surface area contributed by atoms with E-state index in [1.165, 1.54) is 0 Å². The fraction of sp³-hybridized carbons (Fsp3) is 1.00. The van der Waals surface area contributed by atoms with E-state index in [-0.39, 0.29) is 18.1 Å². The third kappa shape index (κ3) is 0.528. The lowest BCUT2D eigenvalue weighted by Crippen LogP contribution is -2.22. The van der Waals surface area contributed by atoms with Crippen molar-refractivity contribution in [1.82, 2.24) is 0 Å². The number of hydrogen-bond acceptors (Lipinski definition) is 2. The third-order valence-corrected chi connectivity index (χ3v) is 3.03. The summed E-state index contributed by atoms with van der Waals surface area (Å²) in [6, 6.07) is 0. The zero-order valence-electron chi connectivity index (χ0n) is 5.38. The van der Waals surface area contributed by atoms with E-state index >= 15 is 0 Å². The minimum atomic E-state index is -0.201. The molecule has 2 saturated carbocycles. The van der Waals surface area contributed by atoms with E-state index in [4.69, 9.17) is 5.11 Å². The van der Waals surface area contributed by atoms with Crippen molar-refractivity contribution >= 4 is 0 Å². The van der Waals surface area contributed by atoms with E-state index < -0.39 is 0 Å². The predicted octanol–water partition coefficient (Wildman–Crippen LogP) is 0.140. The molecule has 2 nitrogen and oxygen atoms in total. The molecule has 2 aliphatic carbocycles. The van der Waals surface area contributed by atoms with Crippen LogP contribution in [0, 0.1) is 11.3 Å². The Morgan fingerprint density at radius 1 is 1.44 bits per heavy atom. The van der Waals surface area contributed by atoms with Gasteiger partial charge in [0, 0.05) is 5.41 Å². The molecule has 0 saturated heterocycles. The molecule has 2 aliphatic rings. The highest BCUT2D eigenvalue weighted by molar-refractivity contribution is 5.11. The maximum Gasteiger partial charge on any atom is 0.0621 e. The molecule has 0 bridgehead atoms.